The van der Waals surface area contributed by atoms with Gasteiger partial charge in [0.2, 0.25) is 0 Å². The summed E-state index contributed by atoms with van der Waals surface area (Å²) < 4.78 is 6.95. The van der Waals surface area contributed by atoms with E-state index in [-0.39, 0.29) is 12.5 Å². The van der Waals surface area contributed by atoms with Crippen molar-refractivity contribution >= 4 is 85.3 Å². The Kier molecular flexibility index (Phi) is 8.84. The van der Waals surface area contributed by atoms with E-state index >= 15 is 0 Å². The molecule has 3 aromatic carbocycles. The van der Waals surface area contributed by atoms with Crippen molar-refractivity contribution in [2.75, 3.05) is 6.54 Å². The average Bonchev–Trinajstić information content (AvgIpc) is 3.10. The van der Waals surface area contributed by atoms with Gasteiger partial charge in [-0.15, -0.1) is 0 Å². The van der Waals surface area contributed by atoms with Crippen molar-refractivity contribution in [2.24, 2.45) is 4.99 Å². The first kappa shape index (κ1) is 26.1. The molecule has 1 heterocycles. The molecule has 1 fully saturated rings. The number of amidine groups is 1. The summed E-state index contributed by atoms with van der Waals surface area (Å²) in [5, 5.41) is 2.37. The second-order valence-corrected chi connectivity index (χ2v) is 10.8. The number of ether oxygens (including phenoxy) is 1. The van der Waals surface area contributed by atoms with Gasteiger partial charge < -0.3 is 4.74 Å². The Morgan fingerprint density at radius 2 is 1.77 bits per heavy atom. The highest BCUT2D eigenvalue weighted by atomic mass is 79.9. The largest absolute Gasteiger partial charge is 0.488 e. The summed E-state index contributed by atoms with van der Waals surface area (Å²) in [6, 6.07) is 18.2. The zero-order chi connectivity index (χ0) is 24.9. The number of hydrogen-bond donors (Lipinski definition) is 0. The van der Waals surface area contributed by atoms with E-state index in [0.717, 1.165) is 27.7 Å². The Balaban J connectivity index is 1.63. The van der Waals surface area contributed by atoms with E-state index in [4.69, 9.17) is 44.5 Å². The molecule has 0 aliphatic carbocycles. The smallest absolute Gasteiger partial charge is 0.266 e. The Hall–Kier alpha value is -1.96. The highest BCUT2D eigenvalue weighted by Crippen LogP contribution is 2.37. The van der Waals surface area contributed by atoms with Crippen molar-refractivity contribution in [1.82, 2.24) is 4.90 Å². The molecule has 0 bridgehead atoms. The molecule has 0 saturated carbocycles. The second kappa shape index (κ2) is 11.8. The summed E-state index contributed by atoms with van der Waals surface area (Å²) in [7, 11) is 0. The number of thioether (sulfide) groups is 1. The average molecular weight is 611 g/mol. The third-order valence-corrected chi connectivity index (χ3v) is 7.38. The normalized spacial score (nSPS) is 15.9. The highest BCUT2D eigenvalue weighted by Gasteiger charge is 2.33. The van der Waals surface area contributed by atoms with E-state index in [2.05, 4.69) is 15.9 Å². The molecule has 180 valence electrons. The molecule has 4 nitrogen and oxygen atoms in total. The van der Waals surface area contributed by atoms with Crippen LogP contribution in [0.3, 0.4) is 0 Å². The zero-order valence-electron chi connectivity index (χ0n) is 18.6. The maximum atomic E-state index is 13.3. The topological polar surface area (TPSA) is 41.9 Å². The fraction of sp³-hybridized carbons (Fsp3) is 0.154. The molecule has 9 heteroatoms. The molecule has 0 radical (unpaired) electrons. The van der Waals surface area contributed by atoms with E-state index in [9.17, 15) is 4.79 Å². The van der Waals surface area contributed by atoms with Gasteiger partial charge in [0, 0.05) is 37.2 Å². The lowest BCUT2D eigenvalue weighted by Gasteiger charge is -2.14. The summed E-state index contributed by atoms with van der Waals surface area (Å²) in [4.78, 5) is 20.2. The lowest BCUT2D eigenvalue weighted by atomic mass is 10.1. The molecule has 0 atom stereocenters. The summed E-state index contributed by atoms with van der Waals surface area (Å²) in [6.07, 6.45) is 2.65. The van der Waals surface area contributed by atoms with Crippen LogP contribution in [0.5, 0.6) is 5.75 Å². The van der Waals surface area contributed by atoms with Crippen molar-refractivity contribution in [3.63, 3.8) is 0 Å². The van der Waals surface area contributed by atoms with E-state index in [1.807, 2.05) is 49.4 Å². The van der Waals surface area contributed by atoms with Gasteiger partial charge in [-0.2, -0.15) is 0 Å². The van der Waals surface area contributed by atoms with Crippen molar-refractivity contribution in [1.29, 1.82) is 0 Å². The van der Waals surface area contributed by atoms with Gasteiger partial charge >= 0.3 is 0 Å². The van der Waals surface area contributed by atoms with Crippen LogP contribution < -0.4 is 4.74 Å². The molecule has 0 N–H and O–H groups in total. The monoisotopic (exact) mass is 608 g/mol. The second-order valence-electron chi connectivity index (χ2n) is 7.64. The number of rotatable bonds is 7. The molecule has 1 aliphatic heterocycles. The zero-order valence-corrected chi connectivity index (χ0v) is 23.3. The summed E-state index contributed by atoms with van der Waals surface area (Å²) in [6.45, 7) is 2.87. The molecule has 1 aliphatic rings. The van der Waals surface area contributed by atoms with Crippen LogP contribution in [0.2, 0.25) is 15.1 Å². The minimum Gasteiger partial charge on any atom is -0.488 e. The Morgan fingerprint density at radius 1 is 1.03 bits per heavy atom. The molecule has 1 saturated heterocycles. The summed E-state index contributed by atoms with van der Waals surface area (Å²) in [5.74, 6) is 0.543. The molecule has 3 aromatic rings. The van der Waals surface area contributed by atoms with E-state index in [1.54, 1.807) is 29.2 Å². The predicted molar refractivity (Wildman–Crippen MR) is 151 cm³/mol. The maximum Gasteiger partial charge on any atom is 0.266 e. The van der Waals surface area contributed by atoms with Gasteiger partial charge in [0.05, 0.1) is 10.6 Å². The fourth-order valence-corrected chi connectivity index (χ4v) is 5.32. The van der Waals surface area contributed by atoms with Gasteiger partial charge in [-0.3, -0.25) is 9.69 Å². The van der Waals surface area contributed by atoms with Gasteiger partial charge in [0.15, 0.2) is 5.17 Å². The maximum absolute atomic E-state index is 13.3. The number of nitrogens with zero attached hydrogens (tertiary/aromatic N) is 2. The minimum absolute atomic E-state index is 0.0868. The van der Waals surface area contributed by atoms with E-state index in [1.165, 1.54) is 11.8 Å². The molecule has 35 heavy (non-hydrogen) atoms. The third-order valence-electron chi connectivity index (χ3n) is 5.04. The predicted octanol–water partition coefficient (Wildman–Crippen LogP) is 9.00. The Bertz CT molecular complexity index is 1310. The van der Waals surface area contributed by atoms with Crippen LogP contribution in [-0.2, 0) is 11.4 Å². The van der Waals surface area contributed by atoms with Crippen LogP contribution in [0, 0.1) is 0 Å². The van der Waals surface area contributed by atoms with Crippen LogP contribution in [0.25, 0.3) is 6.08 Å². The quantitative estimate of drug-likeness (QED) is 0.251. The molecule has 0 aromatic heterocycles. The third kappa shape index (κ3) is 6.63. The number of benzene rings is 3. The van der Waals surface area contributed by atoms with Crippen molar-refractivity contribution in [3.05, 3.63) is 96.2 Å². The molecule has 4 rings (SSSR count). The van der Waals surface area contributed by atoms with E-state index < -0.39 is 0 Å². The minimum atomic E-state index is -0.0868. The van der Waals surface area contributed by atoms with Gasteiger partial charge in [0.25, 0.3) is 5.91 Å². The van der Waals surface area contributed by atoms with Crippen molar-refractivity contribution < 1.29 is 9.53 Å². The molecule has 0 spiro atoms. The molecule has 1 amide bonds. The van der Waals surface area contributed by atoms with Crippen LogP contribution in [0.15, 0.2) is 75.0 Å². The van der Waals surface area contributed by atoms with Crippen LogP contribution >= 0.6 is 62.5 Å². The van der Waals surface area contributed by atoms with Gasteiger partial charge in [0.1, 0.15) is 12.4 Å². The fourth-order valence-electron chi connectivity index (χ4n) is 3.34. The SMILES string of the molecule is CCCN1C(=O)/C(=C/c2cc(Br)ccc2OCc2ccc(Cl)cc2Cl)SC1=Nc1ccc(Cl)cc1. The first-order valence-corrected chi connectivity index (χ1v) is 13.5. The number of hydrogen-bond acceptors (Lipinski definition) is 4. The highest BCUT2D eigenvalue weighted by molar-refractivity contribution is 9.10. The Morgan fingerprint density at radius 3 is 2.49 bits per heavy atom. The first-order valence-electron chi connectivity index (χ1n) is 10.8. The molecular formula is C26H20BrCl3N2O2S. The van der Waals surface area contributed by atoms with Crippen LogP contribution in [0.4, 0.5) is 5.69 Å². The van der Waals surface area contributed by atoms with Crippen molar-refractivity contribution in [2.45, 2.75) is 20.0 Å². The van der Waals surface area contributed by atoms with Gasteiger partial charge in [-0.1, -0.05) is 63.7 Å². The lowest BCUT2D eigenvalue weighted by molar-refractivity contribution is -0.122. The van der Waals surface area contributed by atoms with E-state index in [0.29, 0.717) is 37.4 Å². The lowest BCUT2D eigenvalue weighted by Crippen LogP contribution is -2.29. The molecular weight excluding hydrogens is 591 g/mol. The molecule has 0 unspecified atom stereocenters. The number of carbonyl (C=O) groups excluding carboxylic acids is 1. The standard InChI is InChI=1S/C26H20BrCl3N2O2S/c1-2-11-32-25(33)24(35-26(32)31-21-8-6-19(28)7-9-21)13-17-12-18(27)4-10-23(17)34-15-16-3-5-20(29)14-22(16)30/h3-10,12-14H,2,11,15H2,1H3/b24-13-,31-26?. The van der Waals surface area contributed by atoms with Crippen LogP contribution in [0.1, 0.15) is 24.5 Å². The summed E-state index contributed by atoms with van der Waals surface area (Å²) in [5.41, 5.74) is 2.32. The first-order chi connectivity index (χ1) is 16.8. The van der Waals surface area contributed by atoms with Gasteiger partial charge in [-0.25, -0.2) is 4.99 Å². The van der Waals surface area contributed by atoms with Gasteiger partial charge in [-0.05, 0) is 78.9 Å². The number of aliphatic imine (C=N–C) groups is 1. The van der Waals surface area contributed by atoms with Crippen LogP contribution in [-0.4, -0.2) is 22.5 Å². The number of amides is 1. The number of halogens is 4. The summed E-state index contributed by atoms with van der Waals surface area (Å²) >= 11 is 23.1. The van der Waals surface area contributed by atoms with Crippen molar-refractivity contribution in [3.8, 4) is 5.75 Å². The number of carbonyl (C=O) groups is 1. The Labute approximate surface area is 232 Å².